The number of hydrogen-bond donors (Lipinski definition) is 1. The Morgan fingerprint density at radius 1 is 1.03 bits per heavy atom. The predicted molar refractivity (Wildman–Crippen MR) is 111 cm³/mol. The smallest absolute Gasteiger partial charge is 0.306 e. The Hall–Kier alpha value is -2.80. The Balaban J connectivity index is 1.26. The van der Waals surface area contributed by atoms with Crippen LogP contribution in [-0.4, -0.2) is 30.0 Å². The number of benzene rings is 2. The minimum Gasteiger partial charge on any atom is -0.456 e. The van der Waals surface area contributed by atoms with Crippen molar-refractivity contribution in [3.05, 3.63) is 64.9 Å². The Morgan fingerprint density at radius 2 is 1.83 bits per heavy atom. The molecular formula is C22H23FN2O3S. The number of carbonyl (C=O) groups excluding carboxylic acids is 2. The van der Waals surface area contributed by atoms with E-state index >= 15 is 0 Å². The van der Waals surface area contributed by atoms with Crippen molar-refractivity contribution in [3.8, 4) is 0 Å². The Kier molecular flexibility index (Phi) is 7.69. The van der Waals surface area contributed by atoms with Gasteiger partial charge in [0.2, 0.25) is 0 Å². The van der Waals surface area contributed by atoms with Crippen LogP contribution in [0.4, 0.5) is 4.39 Å². The summed E-state index contributed by atoms with van der Waals surface area (Å²) in [6, 6.07) is 14.4. The molecule has 1 amide bonds. The van der Waals surface area contributed by atoms with E-state index in [9.17, 15) is 14.0 Å². The molecule has 2 aromatic carbocycles. The number of nitrogens with zero attached hydrogens (tertiary/aromatic N) is 1. The van der Waals surface area contributed by atoms with Crippen LogP contribution in [0.2, 0.25) is 0 Å². The fraction of sp³-hybridized carbons (Fsp3) is 0.318. The van der Waals surface area contributed by atoms with Crippen molar-refractivity contribution in [1.82, 2.24) is 10.3 Å². The van der Waals surface area contributed by atoms with Gasteiger partial charge in [-0.3, -0.25) is 9.59 Å². The number of aromatic nitrogens is 1. The van der Waals surface area contributed by atoms with Gasteiger partial charge >= 0.3 is 5.97 Å². The zero-order valence-electron chi connectivity index (χ0n) is 16.0. The number of thiazole rings is 1. The SMILES string of the molecule is O=C(COC(=O)CCCCc1nc2ccccc2s1)NCCc1ccccc1F. The van der Waals surface area contributed by atoms with Crippen molar-refractivity contribution in [2.75, 3.05) is 13.2 Å². The summed E-state index contributed by atoms with van der Waals surface area (Å²) < 4.78 is 19.7. The summed E-state index contributed by atoms with van der Waals surface area (Å²) in [5.74, 6) is -1.07. The monoisotopic (exact) mass is 414 g/mol. The number of unbranched alkanes of at least 4 members (excludes halogenated alkanes) is 1. The van der Waals surface area contributed by atoms with E-state index in [1.807, 2.05) is 18.2 Å². The van der Waals surface area contributed by atoms with Gasteiger partial charge in [-0.1, -0.05) is 30.3 Å². The second kappa shape index (κ2) is 10.7. The number of hydrogen-bond acceptors (Lipinski definition) is 5. The quantitative estimate of drug-likeness (QED) is 0.401. The molecule has 0 aliphatic heterocycles. The highest BCUT2D eigenvalue weighted by molar-refractivity contribution is 7.18. The number of para-hydroxylation sites is 1. The highest BCUT2D eigenvalue weighted by Gasteiger charge is 2.09. The number of ether oxygens (including phenoxy) is 1. The van der Waals surface area contributed by atoms with Crippen LogP contribution in [0.25, 0.3) is 10.2 Å². The van der Waals surface area contributed by atoms with Crippen molar-refractivity contribution in [3.63, 3.8) is 0 Å². The van der Waals surface area contributed by atoms with Crippen LogP contribution in [0.1, 0.15) is 29.8 Å². The number of amides is 1. The predicted octanol–water partition coefficient (Wildman–Crippen LogP) is 4.05. The van der Waals surface area contributed by atoms with E-state index in [0.29, 0.717) is 24.9 Å². The van der Waals surface area contributed by atoms with E-state index in [2.05, 4.69) is 16.4 Å². The zero-order chi connectivity index (χ0) is 20.5. The van der Waals surface area contributed by atoms with E-state index in [4.69, 9.17) is 4.74 Å². The molecule has 0 radical (unpaired) electrons. The summed E-state index contributed by atoms with van der Waals surface area (Å²) in [4.78, 5) is 28.1. The summed E-state index contributed by atoms with van der Waals surface area (Å²) in [7, 11) is 0. The number of halogens is 1. The molecule has 29 heavy (non-hydrogen) atoms. The van der Waals surface area contributed by atoms with Gasteiger partial charge in [-0.2, -0.15) is 0 Å². The zero-order valence-corrected chi connectivity index (χ0v) is 16.8. The molecule has 7 heteroatoms. The maximum atomic E-state index is 13.5. The second-order valence-electron chi connectivity index (χ2n) is 6.63. The van der Waals surface area contributed by atoms with Crippen LogP contribution >= 0.6 is 11.3 Å². The lowest BCUT2D eigenvalue weighted by Gasteiger charge is -2.07. The summed E-state index contributed by atoms with van der Waals surface area (Å²) in [6.07, 6.45) is 3.00. The molecule has 0 atom stereocenters. The molecule has 1 N–H and O–H groups in total. The summed E-state index contributed by atoms with van der Waals surface area (Å²) in [5, 5.41) is 3.69. The van der Waals surface area contributed by atoms with Crippen LogP contribution in [0.15, 0.2) is 48.5 Å². The first-order valence-electron chi connectivity index (χ1n) is 9.62. The van der Waals surface area contributed by atoms with Gasteiger partial charge in [0.1, 0.15) is 5.82 Å². The number of carbonyl (C=O) groups is 2. The van der Waals surface area contributed by atoms with Gasteiger partial charge in [0.15, 0.2) is 6.61 Å². The average Bonchev–Trinajstić information content (AvgIpc) is 3.14. The lowest BCUT2D eigenvalue weighted by atomic mass is 10.1. The fourth-order valence-corrected chi connectivity index (χ4v) is 3.89. The van der Waals surface area contributed by atoms with Crippen molar-refractivity contribution < 1.29 is 18.7 Å². The van der Waals surface area contributed by atoms with Crippen molar-refractivity contribution in [2.45, 2.75) is 32.1 Å². The molecular weight excluding hydrogens is 391 g/mol. The molecule has 0 aliphatic carbocycles. The highest BCUT2D eigenvalue weighted by Crippen LogP contribution is 2.22. The topological polar surface area (TPSA) is 68.3 Å². The van der Waals surface area contributed by atoms with E-state index in [1.54, 1.807) is 29.5 Å². The van der Waals surface area contributed by atoms with E-state index in [-0.39, 0.29) is 24.8 Å². The number of fused-ring (bicyclic) bond motifs is 1. The van der Waals surface area contributed by atoms with Crippen molar-refractivity contribution >= 4 is 33.4 Å². The molecule has 3 rings (SSSR count). The van der Waals surface area contributed by atoms with Crippen molar-refractivity contribution in [1.29, 1.82) is 0 Å². The summed E-state index contributed by atoms with van der Waals surface area (Å²) >= 11 is 1.67. The Labute approximate surface area is 172 Å². The third-order valence-corrected chi connectivity index (χ3v) is 5.49. The Morgan fingerprint density at radius 3 is 2.66 bits per heavy atom. The van der Waals surface area contributed by atoms with Crippen LogP contribution in [0.5, 0.6) is 0 Å². The third-order valence-electron chi connectivity index (χ3n) is 4.40. The molecule has 1 heterocycles. The Bertz CT molecular complexity index is 940. The van der Waals surface area contributed by atoms with Crippen LogP contribution in [0.3, 0.4) is 0 Å². The summed E-state index contributed by atoms with van der Waals surface area (Å²) in [6.45, 7) is -0.0204. The molecule has 0 fully saturated rings. The normalized spacial score (nSPS) is 10.8. The third kappa shape index (κ3) is 6.64. The highest BCUT2D eigenvalue weighted by atomic mass is 32.1. The minimum atomic E-state index is -0.390. The standard InChI is InChI=1S/C22H23FN2O3S/c23-17-8-2-1-7-16(17)13-14-24-20(26)15-28-22(27)12-6-5-11-21-25-18-9-3-4-10-19(18)29-21/h1-4,7-10H,5-6,11-15H2,(H,24,26). The van der Waals surface area contributed by atoms with Crippen LogP contribution in [0, 0.1) is 5.82 Å². The van der Waals surface area contributed by atoms with Gasteiger partial charge in [0, 0.05) is 13.0 Å². The molecule has 0 saturated carbocycles. The maximum absolute atomic E-state index is 13.5. The van der Waals surface area contributed by atoms with Gasteiger partial charge in [-0.15, -0.1) is 11.3 Å². The van der Waals surface area contributed by atoms with Gasteiger partial charge < -0.3 is 10.1 Å². The minimum absolute atomic E-state index is 0.271. The maximum Gasteiger partial charge on any atom is 0.306 e. The van der Waals surface area contributed by atoms with E-state index < -0.39 is 5.97 Å². The molecule has 1 aromatic heterocycles. The van der Waals surface area contributed by atoms with Crippen molar-refractivity contribution in [2.24, 2.45) is 0 Å². The molecule has 152 valence electrons. The molecule has 3 aromatic rings. The van der Waals surface area contributed by atoms with Gasteiger partial charge in [-0.05, 0) is 49.4 Å². The van der Waals surface area contributed by atoms with Gasteiger partial charge in [-0.25, -0.2) is 9.37 Å². The lowest BCUT2D eigenvalue weighted by molar-refractivity contribution is -0.148. The van der Waals surface area contributed by atoms with E-state index in [1.165, 1.54) is 10.8 Å². The molecule has 0 bridgehead atoms. The van der Waals surface area contributed by atoms with Gasteiger partial charge in [0.05, 0.1) is 15.2 Å². The first-order chi connectivity index (χ1) is 14.1. The van der Waals surface area contributed by atoms with Gasteiger partial charge in [0.25, 0.3) is 5.91 Å². The van der Waals surface area contributed by atoms with Crippen LogP contribution in [-0.2, 0) is 27.2 Å². The van der Waals surface area contributed by atoms with Crippen LogP contribution < -0.4 is 5.32 Å². The number of nitrogens with one attached hydrogen (secondary N) is 1. The summed E-state index contributed by atoms with van der Waals surface area (Å²) in [5.41, 5.74) is 1.55. The number of esters is 1. The van der Waals surface area contributed by atoms with E-state index in [0.717, 1.165) is 23.4 Å². The molecule has 0 aliphatic rings. The molecule has 5 nitrogen and oxygen atoms in total. The average molecular weight is 415 g/mol. The fourth-order valence-electron chi connectivity index (χ4n) is 2.88. The lowest BCUT2D eigenvalue weighted by Crippen LogP contribution is -2.30. The molecule has 0 unspecified atom stereocenters. The molecule has 0 saturated heterocycles. The number of aryl methyl sites for hydroxylation is 1. The first-order valence-corrected chi connectivity index (χ1v) is 10.4. The molecule has 0 spiro atoms. The number of rotatable bonds is 10. The largest absolute Gasteiger partial charge is 0.456 e. The first kappa shape index (κ1) is 20.9. The second-order valence-corrected chi connectivity index (χ2v) is 7.75.